The number of nitrogens with zero attached hydrogens (tertiary/aromatic N) is 1. The average molecular weight is 435 g/mol. The van der Waals surface area contributed by atoms with Crippen LogP contribution >= 0.6 is 0 Å². The van der Waals surface area contributed by atoms with E-state index in [0.717, 1.165) is 31.3 Å². The average Bonchev–Trinajstić information content (AvgIpc) is 2.98. The largest absolute Gasteiger partial charge is 0.432 e. The Labute approximate surface area is 165 Å². The molecule has 0 aliphatic carbocycles. The zero-order valence-corrected chi connectivity index (χ0v) is 15.1. The van der Waals surface area contributed by atoms with Crippen molar-refractivity contribution in [2.75, 3.05) is 0 Å². The number of rotatable bonds is 3. The zero-order valence-electron chi connectivity index (χ0n) is 15.1. The molecule has 0 aliphatic heterocycles. The van der Waals surface area contributed by atoms with E-state index >= 15 is 0 Å². The smallest absolute Gasteiger partial charge is 0.368 e. The summed E-state index contributed by atoms with van der Waals surface area (Å²) in [6, 6.07) is 9.15. The maximum absolute atomic E-state index is 13.4. The quantitative estimate of drug-likeness (QED) is 0.506. The summed E-state index contributed by atoms with van der Waals surface area (Å²) in [5, 5.41) is 9.87. The van der Waals surface area contributed by atoms with Gasteiger partial charge in [0, 0.05) is 12.6 Å². The predicted octanol–water partition coefficient (Wildman–Crippen LogP) is 5.95. The number of benzene rings is 2. The molecular formula is C20H13F8NO. The van der Waals surface area contributed by atoms with Gasteiger partial charge in [0.05, 0.1) is 11.4 Å². The van der Waals surface area contributed by atoms with Crippen LogP contribution in [0.1, 0.15) is 5.69 Å². The van der Waals surface area contributed by atoms with Crippen LogP contribution < -0.4 is 0 Å². The minimum Gasteiger partial charge on any atom is -0.368 e. The van der Waals surface area contributed by atoms with Crippen LogP contribution in [-0.4, -0.2) is 22.0 Å². The highest BCUT2D eigenvalue weighted by Crippen LogP contribution is 2.52. The minimum absolute atomic E-state index is 0.0937. The first kappa shape index (κ1) is 21.8. The van der Waals surface area contributed by atoms with Gasteiger partial charge in [0.25, 0.3) is 5.60 Å². The van der Waals surface area contributed by atoms with E-state index in [0.29, 0.717) is 10.6 Å². The first-order valence-electron chi connectivity index (χ1n) is 8.35. The van der Waals surface area contributed by atoms with Crippen molar-refractivity contribution in [3.8, 4) is 22.4 Å². The molecule has 0 bridgehead atoms. The number of alkyl halides is 6. The van der Waals surface area contributed by atoms with E-state index in [4.69, 9.17) is 0 Å². The highest BCUT2D eigenvalue weighted by molar-refractivity contribution is 5.83. The van der Waals surface area contributed by atoms with Gasteiger partial charge < -0.3 is 9.67 Å². The van der Waals surface area contributed by atoms with Gasteiger partial charge in [0.1, 0.15) is 11.6 Å². The summed E-state index contributed by atoms with van der Waals surface area (Å²) < 4.78 is 108. The van der Waals surface area contributed by atoms with Gasteiger partial charge in [0.2, 0.25) is 0 Å². The van der Waals surface area contributed by atoms with Gasteiger partial charge in [-0.3, -0.25) is 0 Å². The second-order valence-electron chi connectivity index (χ2n) is 6.57. The van der Waals surface area contributed by atoms with Crippen LogP contribution in [-0.2, 0) is 12.6 Å². The van der Waals surface area contributed by atoms with Gasteiger partial charge in [-0.1, -0.05) is 12.1 Å². The Morgan fingerprint density at radius 2 is 1.10 bits per heavy atom. The number of aromatic nitrogens is 1. The fraction of sp³-hybridized carbons (Fsp3) is 0.200. The van der Waals surface area contributed by atoms with Crippen molar-refractivity contribution in [3.63, 3.8) is 0 Å². The maximum Gasteiger partial charge on any atom is 0.432 e. The molecular weight excluding hydrogens is 422 g/mol. The van der Waals surface area contributed by atoms with Crippen LogP contribution in [0.25, 0.3) is 22.4 Å². The van der Waals surface area contributed by atoms with Gasteiger partial charge in [-0.15, -0.1) is 0 Å². The molecule has 0 unspecified atom stereocenters. The van der Waals surface area contributed by atoms with Crippen molar-refractivity contribution in [2.45, 2.75) is 18.0 Å². The minimum atomic E-state index is -6.09. The Bertz CT molecular complexity index is 1030. The van der Waals surface area contributed by atoms with Gasteiger partial charge in [0.15, 0.2) is 0 Å². The van der Waals surface area contributed by atoms with Gasteiger partial charge in [-0.25, -0.2) is 8.78 Å². The van der Waals surface area contributed by atoms with Crippen molar-refractivity contribution in [1.82, 2.24) is 4.57 Å². The molecule has 0 saturated heterocycles. The fourth-order valence-electron chi connectivity index (χ4n) is 3.21. The summed E-state index contributed by atoms with van der Waals surface area (Å²) in [5.74, 6) is -1.33. The van der Waals surface area contributed by atoms with E-state index in [9.17, 15) is 40.2 Å². The topological polar surface area (TPSA) is 25.2 Å². The molecule has 0 fully saturated rings. The SMILES string of the molecule is Cn1c(C(O)(C(F)(F)F)C(F)(F)F)cc(-c2ccc(F)cc2)c1-c1ccc(F)cc1. The first-order valence-corrected chi connectivity index (χ1v) is 8.35. The highest BCUT2D eigenvalue weighted by atomic mass is 19.4. The molecule has 1 aromatic heterocycles. The lowest BCUT2D eigenvalue weighted by molar-refractivity contribution is -0.378. The van der Waals surface area contributed by atoms with E-state index in [1.54, 1.807) is 0 Å². The van der Waals surface area contributed by atoms with Gasteiger partial charge in [-0.05, 0) is 53.6 Å². The van der Waals surface area contributed by atoms with E-state index in [1.165, 1.54) is 24.3 Å². The second-order valence-corrected chi connectivity index (χ2v) is 6.57. The molecule has 0 aliphatic rings. The maximum atomic E-state index is 13.4. The molecule has 1 N–H and O–H groups in total. The molecule has 30 heavy (non-hydrogen) atoms. The Kier molecular flexibility index (Phi) is 5.18. The standard InChI is InChI=1S/C20H13F8NO/c1-29-16(18(30,19(23,24)25)20(26,27)28)10-15(11-2-6-13(21)7-3-11)17(29)12-4-8-14(22)9-5-12/h2-10,30H,1H3. The van der Waals surface area contributed by atoms with Crippen LogP contribution in [0.15, 0.2) is 54.6 Å². The number of hydrogen-bond donors (Lipinski definition) is 1. The monoisotopic (exact) mass is 435 g/mol. The third-order valence-electron chi connectivity index (χ3n) is 4.70. The summed E-state index contributed by atoms with van der Waals surface area (Å²) in [4.78, 5) is 0. The predicted molar refractivity (Wildman–Crippen MR) is 92.2 cm³/mol. The Morgan fingerprint density at radius 1 is 0.700 bits per heavy atom. The van der Waals surface area contributed by atoms with E-state index < -0.39 is 35.3 Å². The van der Waals surface area contributed by atoms with Crippen LogP contribution in [0.2, 0.25) is 0 Å². The number of halogens is 8. The summed E-state index contributed by atoms with van der Waals surface area (Å²) in [6.45, 7) is 0. The molecule has 0 spiro atoms. The van der Waals surface area contributed by atoms with E-state index in [2.05, 4.69) is 0 Å². The van der Waals surface area contributed by atoms with Crippen LogP contribution in [0.5, 0.6) is 0 Å². The Hall–Kier alpha value is -2.88. The van der Waals surface area contributed by atoms with Crippen LogP contribution in [0.4, 0.5) is 35.1 Å². The molecule has 160 valence electrons. The number of hydrogen-bond acceptors (Lipinski definition) is 1. The molecule has 10 heteroatoms. The first-order chi connectivity index (χ1) is 13.8. The summed E-state index contributed by atoms with van der Waals surface area (Å²) >= 11 is 0. The van der Waals surface area contributed by atoms with Crippen molar-refractivity contribution in [3.05, 3.63) is 71.9 Å². The van der Waals surface area contributed by atoms with Crippen molar-refractivity contribution >= 4 is 0 Å². The van der Waals surface area contributed by atoms with Crippen LogP contribution in [0.3, 0.4) is 0 Å². The number of aliphatic hydroxyl groups is 1. The fourth-order valence-corrected chi connectivity index (χ4v) is 3.21. The second kappa shape index (κ2) is 7.12. The van der Waals surface area contributed by atoms with E-state index in [-0.39, 0.29) is 22.4 Å². The van der Waals surface area contributed by atoms with Gasteiger partial charge in [-0.2, -0.15) is 26.3 Å². The molecule has 0 amide bonds. The lowest BCUT2D eigenvalue weighted by atomic mass is 9.96. The summed E-state index contributed by atoms with van der Waals surface area (Å²) in [6.07, 6.45) is -12.2. The third kappa shape index (κ3) is 3.45. The van der Waals surface area contributed by atoms with Gasteiger partial charge >= 0.3 is 12.4 Å². The highest BCUT2D eigenvalue weighted by Gasteiger charge is 2.72. The Balaban J connectivity index is 2.38. The summed E-state index contributed by atoms with van der Waals surface area (Å²) in [5.41, 5.74) is -6.74. The van der Waals surface area contributed by atoms with Crippen LogP contribution in [0, 0.1) is 11.6 Å². The molecule has 2 nitrogen and oxygen atoms in total. The summed E-state index contributed by atoms with van der Waals surface area (Å²) in [7, 11) is 0.920. The van der Waals surface area contributed by atoms with Crippen molar-refractivity contribution in [1.29, 1.82) is 0 Å². The lowest BCUT2D eigenvalue weighted by Gasteiger charge is -2.32. The molecule has 0 radical (unpaired) electrons. The molecule has 0 atom stereocenters. The molecule has 0 saturated carbocycles. The van der Waals surface area contributed by atoms with Crippen molar-refractivity contribution in [2.24, 2.45) is 7.05 Å². The normalized spacial score (nSPS) is 13.0. The molecule has 2 aromatic carbocycles. The zero-order chi connectivity index (χ0) is 22.5. The molecule has 3 rings (SSSR count). The lowest BCUT2D eigenvalue weighted by Crippen LogP contribution is -2.54. The Morgan fingerprint density at radius 3 is 1.50 bits per heavy atom. The van der Waals surface area contributed by atoms with Crippen molar-refractivity contribution < 1.29 is 40.2 Å². The van der Waals surface area contributed by atoms with E-state index in [1.807, 2.05) is 0 Å². The molecule has 3 aromatic rings. The molecule has 1 heterocycles. The third-order valence-corrected chi connectivity index (χ3v) is 4.70.